The molecule has 1 aromatic carbocycles. The summed E-state index contributed by atoms with van der Waals surface area (Å²) >= 11 is 6.28. The van der Waals surface area contributed by atoms with Crippen molar-refractivity contribution in [3.05, 3.63) is 44.7 Å². The van der Waals surface area contributed by atoms with E-state index in [1.807, 2.05) is 24.3 Å². The molecule has 0 fully saturated rings. The number of aromatic nitrogens is 3. The minimum atomic E-state index is -0.363. The van der Waals surface area contributed by atoms with E-state index in [-0.39, 0.29) is 18.3 Å². The first-order chi connectivity index (χ1) is 16.0. The average Bonchev–Trinajstić information content (AvgIpc) is 3.34. The molecule has 0 radical (unpaired) electrons. The number of esters is 1. The Hall–Kier alpha value is -2.37. The molecule has 0 spiro atoms. The molecule has 0 bridgehead atoms. The second-order valence-corrected chi connectivity index (χ2v) is 10.6. The van der Waals surface area contributed by atoms with Crippen LogP contribution in [0.2, 0.25) is 0 Å². The van der Waals surface area contributed by atoms with Gasteiger partial charge in [0.05, 0.1) is 12.2 Å². The fourth-order valence-corrected chi connectivity index (χ4v) is 6.18. The highest BCUT2D eigenvalue weighted by molar-refractivity contribution is 9.10. The number of carbonyl (C=O) groups is 2. The smallest absolute Gasteiger partial charge is 0.341 e. The molecule has 0 aliphatic heterocycles. The van der Waals surface area contributed by atoms with Gasteiger partial charge in [0, 0.05) is 27.1 Å². The van der Waals surface area contributed by atoms with Crippen molar-refractivity contribution in [3.63, 3.8) is 0 Å². The third-order valence-corrected chi connectivity index (χ3v) is 7.86. The number of aryl methyl sites for hydroxylation is 1. The van der Waals surface area contributed by atoms with Crippen LogP contribution in [0.3, 0.4) is 0 Å². The molecule has 1 amide bonds. The summed E-state index contributed by atoms with van der Waals surface area (Å²) in [6.07, 6.45) is 4.17. The number of ether oxygens (including phenoxy) is 1. The van der Waals surface area contributed by atoms with Gasteiger partial charge in [0.1, 0.15) is 5.00 Å². The molecule has 0 unspecified atom stereocenters. The number of carbonyl (C=O) groups excluding carboxylic acids is 2. The zero-order valence-electron chi connectivity index (χ0n) is 18.1. The van der Waals surface area contributed by atoms with Crippen molar-refractivity contribution in [2.75, 3.05) is 23.5 Å². The van der Waals surface area contributed by atoms with Gasteiger partial charge in [-0.15, -0.1) is 21.5 Å². The first kappa shape index (κ1) is 23.8. The van der Waals surface area contributed by atoms with Crippen molar-refractivity contribution < 1.29 is 14.3 Å². The van der Waals surface area contributed by atoms with Gasteiger partial charge in [0.15, 0.2) is 5.82 Å². The molecule has 33 heavy (non-hydrogen) atoms. The Kier molecular flexibility index (Phi) is 7.71. The van der Waals surface area contributed by atoms with E-state index in [0.717, 1.165) is 41.3 Å². The van der Waals surface area contributed by atoms with Crippen LogP contribution in [-0.2, 0) is 22.4 Å². The van der Waals surface area contributed by atoms with Gasteiger partial charge in [0.25, 0.3) is 0 Å². The zero-order chi connectivity index (χ0) is 23.4. The topological polar surface area (TPSA) is 112 Å². The summed E-state index contributed by atoms with van der Waals surface area (Å²) in [6, 6.07) is 7.64. The second-order valence-electron chi connectivity index (χ2n) is 7.47. The maximum atomic E-state index is 12.6. The van der Waals surface area contributed by atoms with E-state index in [4.69, 9.17) is 10.6 Å². The number of benzene rings is 1. The number of anilines is 1. The van der Waals surface area contributed by atoms with Crippen molar-refractivity contribution in [1.29, 1.82) is 0 Å². The number of thioether (sulfide) groups is 1. The predicted molar refractivity (Wildman–Crippen MR) is 134 cm³/mol. The Bertz CT molecular complexity index is 1180. The van der Waals surface area contributed by atoms with Crippen LogP contribution in [0, 0.1) is 0 Å². The minimum absolute atomic E-state index is 0.165. The monoisotopic (exact) mass is 549 g/mol. The lowest BCUT2D eigenvalue weighted by molar-refractivity contribution is -0.115. The average molecular weight is 551 g/mol. The number of fused-ring (bicyclic) bond motifs is 1. The number of nitrogen functional groups attached to an aromatic ring is 1. The number of amides is 1. The fourth-order valence-electron chi connectivity index (χ4n) is 3.70. The van der Waals surface area contributed by atoms with E-state index >= 15 is 0 Å². The number of hydrogen-bond acceptors (Lipinski definition) is 8. The van der Waals surface area contributed by atoms with Gasteiger partial charge in [-0.3, -0.25) is 4.79 Å². The molecular weight excluding hydrogens is 526 g/mol. The van der Waals surface area contributed by atoms with Crippen LogP contribution < -0.4 is 11.2 Å². The summed E-state index contributed by atoms with van der Waals surface area (Å²) in [6.45, 7) is 2.08. The molecule has 1 aliphatic carbocycles. The SMILES string of the molecule is CCOC(=O)c1c(NC(=O)CCSc2nnc(-c3cccc(Br)c3)n2N)sc2c1CCCC2. The molecule has 0 atom stereocenters. The highest BCUT2D eigenvalue weighted by Crippen LogP contribution is 2.38. The van der Waals surface area contributed by atoms with E-state index in [2.05, 4.69) is 31.4 Å². The Balaban J connectivity index is 1.39. The number of nitrogens with one attached hydrogen (secondary N) is 1. The van der Waals surface area contributed by atoms with E-state index in [1.54, 1.807) is 6.92 Å². The summed E-state index contributed by atoms with van der Waals surface area (Å²) in [5, 5.41) is 12.4. The van der Waals surface area contributed by atoms with Crippen molar-refractivity contribution in [2.45, 2.75) is 44.2 Å². The molecule has 1 aliphatic rings. The first-order valence-electron chi connectivity index (χ1n) is 10.7. The Morgan fingerprint density at radius 1 is 1.30 bits per heavy atom. The van der Waals surface area contributed by atoms with Crippen LogP contribution in [0.1, 0.15) is 47.0 Å². The number of rotatable bonds is 8. The summed E-state index contributed by atoms with van der Waals surface area (Å²) < 4.78 is 7.60. The lowest BCUT2D eigenvalue weighted by atomic mass is 9.95. The minimum Gasteiger partial charge on any atom is -0.462 e. The molecule has 4 rings (SSSR count). The third-order valence-electron chi connectivity index (χ3n) is 5.21. The van der Waals surface area contributed by atoms with Gasteiger partial charge < -0.3 is 15.9 Å². The van der Waals surface area contributed by atoms with E-state index in [9.17, 15) is 9.59 Å². The maximum Gasteiger partial charge on any atom is 0.341 e. The molecule has 0 saturated carbocycles. The highest BCUT2D eigenvalue weighted by Gasteiger charge is 2.27. The predicted octanol–water partition coefficient (Wildman–Crippen LogP) is 4.66. The zero-order valence-corrected chi connectivity index (χ0v) is 21.3. The van der Waals surface area contributed by atoms with E-state index < -0.39 is 0 Å². The maximum absolute atomic E-state index is 12.6. The Morgan fingerprint density at radius 3 is 2.91 bits per heavy atom. The third kappa shape index (κ3) is 5.42. The molecule has 174 valence electrons. The summed E-state index contributed by atoms with van der Waals surface area (Å²) in [5.74, 6) is 6.66. The van der Waals surface area contributed by atoms with Crippen molar-refractivity contribution in [2.24, 2.45) is 0 Å². The normalized spacial score (nSPS) is 12.9. The number of hydrogen-bond donors (Lipinski definition) is 2. The van der Waals surface area contributed by atoms with Crippen LogP contribution in [0.25, 0.3) is 11.4 Å². The van der Waals surface area contributed by atoms with Crippen LogP contribution in [0.4, 0.5) is 5.00 Å². The summed E-state index contributed by atoms with van der Waals surface area (Å²) in [7, 11) is 0. The van der Waals surface area contributed by atoms with Gasteiger partial charge in [0.2, 0.25) is 11.1 Å². The van der Waals surface area contributed by atoms with Gasteiger partial charge in [-0.25, -0.2) is 9.47 Å². The highest BCUT2D eigenvalue weighted by atomic mass is 79.9. The van der Waals surface area contributed by atoms with Crippen molar-refractivity contribution in [3.8, 4) is 11.4 Å². The van der Waals surface area contributed by atoms with E-state index in [0.29, 0.717) is 33.9 Å². The van der Waals surface area contributed by atoms with Crippen LogP contribution >= 0.6 is 39.0 Å². The summed E-state index contributed by atoms with van der Waals surface area (Å²) in [4.78, 5) is 26.4. The fraction of sp³-hybridized carbons (Fsp3) is 0.364. The van der Waals surface area contributed by atoms with Crippen LogP contribution in [0.15, 0.2) is 33.9 Å². The molecule has 2 heterocycles. The van der Waals surface area contributed by atoms with Gasteiger partial charge in [-0.2, -0.15) is 0 Å². The molecule has 3 N–H and O–H groups in total. The lowest BCUT2D eigenvalue weighted by Crippen LogP contribution is -2.16. The van der Waals surface area contributed by atoms with E-state index in [1.165, 1.54) is 32.7 Å². The largest absolute Gasteiger partial charge is 0.462 e. The molecule has 3 aromatic rings. The van der Waals surface area contributed by atoms with Gasteiger partial charge in [-0.05, 0) is 50.3 Å². The van der Waals surface area contributed by atoms with Crippen molar-refractivity contribution >= 4 is 55.9 Å². The lowest BCUT2D eigenvalue weighted by Gasteiger charge is -2.12. The van der Waals surface area contributed by atoms with Gasteiger partial charge >= 0.3 is 5.97 Å². The molecular formula is C22H24BrN5O3S2. The summed E-state index contributed by atoms with van der Waals surface area (Å²) in [5.41, 5.74) is 2.40. The van der Waals surface area contributed by atoms with Crippen molar-refractivity contribution in [1.82, 2.24) is 14.9 Å². The number of thiophene rings is 1. The molecule has 11 heteroatoms. The molecule has 2 aromatic heterocycles. The molecule has 8 nitrogen and oxygen atoms in total. The van der Waals surface area contributed by atoms with Crippen LogP contribution in [0.5, 0.6) is 0 Å². The number of nitrogens with zero attached hydrogens (tertiary/aromatic N) is 3. The standard InChI is InChI=1S/C22H24BrN5O3S2/c1-2-31-21(30)18-15-8-3-4-9-16(15)33-20(18)25-17(29)10-11-32-22-27-26-19(28(22)24)13-6-5-7-14(23)12-13/h5-7,12H,2-4,8-11,24H2,1H3,(H,25,29). The first-order valence-corrected chi connectivity index (χ1v) is 13.3. The Morgan fingerprint density at radius 2 is 2.12 bits per heavy atom. The number of nitrogens with two attached hydrogens (primary N) is 1. The Labute approximate surface area is 208 Å². The molecule has 0 saturated heterocycles. The van der Waals surface area contributed by atoms with Gasteiger partial charge in [-0.1, -0.05) is 39.8 Å². The van der Waals surface area contributed by atoms with Crippen LogP contribution in [-0.4, -0.2) is 39.1 Å². The second kappa shape index (κ2) is 10.7. The number of halogens is 1. The quantitative estimate of drug-likeness (QED) is 0.238.